The Morgan fingerprint density at radius 2 is 1.92 bits per heavy atom. The van der Waals surface area contributed by atoms with Crippen LogP contribution < -0.4 is 10.5 Å². The maximum absolute atomic E-state index is 6.12. The van der Waals surface area contributed by atoms with Crippen molar-refractivity contribution in [3.05, 3.63) is 29.8 Å². The van der Waals surface area contributed by atoms with E-state index >= 15 is 0 Å². The number of nitrogens with zero attached hydrogens (tertiary/aromatic N) is 3. The van der Waals surface area contributed by atoms with Gasteiger partial charge in [0.25, 0.3) is 0 Å². The Kier molecular flexibility index (Phi) is 11.6. The Labute approximate surface area is 174 Å². The molecule has 1 aromatic carbocycles. The lowest BCUT2D eigenvalue weighted by Gasteiger charge is -2.27. The number of ether oxygens (including phenoxy) is 2. The molecule has 1 aliphatic heterocycles. The van der Waals surface area contributed by atoms with E-state index in [1.165, 1.54) is 19.3 Å². The summed E-state index contributed by atoms with van der Waals surface area (Å²) in [5.41, 5.74) is 7.23. The highest BCUT2D eigenvalue weighted by Crippen LogP contribution is 2.14. The molecule has 1 aliphatic rings. The third-order valence-electron chi connectivity index (χ3n) is 4.42. The summed E-state index contributed by atoms with van der Waals surface area (Å²) < 4.78 is 10.9. The maximum Gasteiger partial charge on any atom is 0.191 e. The van der Waals surface area contributed by atoms with Crippen LogP contribution in [0.3, 0.4) is 0 Å². The van der Waals surface area contributed by atoms with E-state index in [4.69, 9.17) is 15.2 Å². The number of likely N-dealkylation sites (tertiary alicyclic amines) is 1. The predicted octanol–water partition coefficient (Wildman–Crippen LogP) is 2.56. The Bertz CT molecular complexity index is 536. The van der Waals surface area contributed by atoms with Gasteiger partial charge < -0.3 is 25.0 Å². The van der Waals surface area contributed by atoms with Crippen LogP contribution in [-0.2, 0) is 11.3 Å². The van der Waals surface area contributed by atoms with Crippen LogP contribution in [0.4, 0.5) is 0 Å². The van der Waals surface area contributed by atoms with Gasteiger partial charge in [0, 0.05) is 33.3 Å². The van der Waals surface area contributed by atoms with Gasteiger partial charge in [-0.2, -0.15) is 0 Å². The molecule has 1 aromatic rings. The lowest BCUT2D eigenvalue weighted by molar-refractivity contribution is 0.150. The summed E-state index contributed by atoms with van der Waals surface area (Å²) in [6.07, 6.45) is 3.71. The number of benzene rings is 1. The van der Waals surface area contributed by atoms with Gasteiger partial charge in [-0.15, -0.1) is 24.0 Å². The molecule has 0 aliphatic carbocycles. The summed E-state index contributed by atoms with van der Waals surface area (Å²) >= 11 is 0. The summed E-state index contributed by atoms with van der Waals surface area (Å²) in [5, 5.41) is 0. The summed E-state index contributed by atoms with van der Waals surface area (Å²) in [7, 11) is 3.78. The van der Waals surface area contributed by atoms with Crippen LogP contribution in [0, 0.1) is 0 Å². The lowest BCUT2D eigenvalue weighted by atomic mass is 10.1. The van der Waals surface area contributed by atoms with E-state index in [2.05, 4.69) is 27.9 Å². The lowest BCUT2D eigenvalue weighted by Crippen LogP contribution is -2.40. The molecule has 0 radical (unpaired) electrons. The fourth-order valence-electron chi connectivity index (χ4n) is 2.81. The smallest absolute Gasteiger partial charge is 0.191 e. The number of hydrogen-bond acceptors (Lipinski definition) is 4. The van der Waals surface area contributed by atoms with Gasteiger partial charge in [0.2, 0.25) is 0 Å². The first-order valence-corrected chi connectivity index (χ1v) is 9.13. The van der Waals surface area contributed by atoms with Gasteiger partial charge in [-0.25, -0.2) is 4.99 Å². The first-order chi connectivity index (χ1) is 12.2. The summed E-state index contributed by atoms with van der Waals surface area (Å²) in [6, 6.07) is 8.09. The molecule has 2 rings (SSSR count). The third-order valence-corrected chi connectivity index (χ3v) is 4.42. The summed E-state index contributed by atoms with van der Waals surface area (Å²) in [6.45, 7) is 5.81. The molecule has 0 saturated carbocycles. The molecule has 0 aromatic heterocycles. The van der Waals surface area contributed by atoms with Crippen molar-refractivity contribution in [2.45, 2.75) is 25.8 Å². The molecular weight excluding hydrogens is 443 g/mol. The second-order valence-electron chi connectivity index (χ2n) is 6.51. The quantitative estimate of drug-likeness (QED) is 0.337. The molecule has 0 spiro atoms. The minimum absolute atomic E-state index is 0. The second kappa shape index (κ2) is 13.2. The van der Waals surface area contributed by atoms with E-state index in [0.29, 0.717) is 19.1 Å². The molecule has 148 valence electrons. The molecule has 0 amide bonds. The molecule has 1 heterocycles. The van der Waals surface area contributed by atoms with Crippen molar-refractivity contribution in [2.75, 3.05) is 53.6 Å². The van der Waals surface area contributed by atoms with Gasteiger partial charge >= 0.3 is 0 Å². The zero-order valence-electron chi connectivity index (χ0n) is 16.0. The van der Waals surface area contributed by atoms with Gasteiger partial charge in [0.1, 0.15) is 12.4 Å². The van der Waals surface area contributed by atoms with Gasteiger partial charge in [0.05, 0.1) is 13.2 Å². The van der Waals surface area contributed by atoms with Crippen molar-refractivity contribution < 1.29 is 9.47 Å². The van der Waals surface area contributed by atoms with Crippen molar-refractivity contribution >= 4 is 29.9 Å². The van der Waals surface area contributed by atoms with Crippen LogP contribution in [0.5, 0.6) is 5.75 Å². The van der Waals surface area contributed by atoms with Crippen LogP contribution >= 0.6 is 24.0 Å². The van der Waals surface area contributed by atoms with E-state index in [1.54, 1.807) is 7.11 Å². The number of piperidine rings is 1. The molecule has 1 fully saturated rings. The molecule has 1 saturated heterocycles. The van der Waals surface area contributed by atoms with Crippen molar-refractivity contribution in [2.24, 2.45) is 10.7 Å². The maximum atomic E-state index is 6.12. The summed E-state index contributed by atoms with van der Waals surface area (Å²) in [5.74, 6) is 1.54. The molecule has 26 heavy (non-hydrogen) atoms. The normalized spacial score (nSPS) is 15.0. The summed E-state index contributed by atoms with van der Waals surface area (Å²) in [4.78, 5) is 8.92. The zero-order valence-corrected chi connectivity index (χ0v) is 18.4. The van der Waals surface area contributed by atoms with E-state index in [1.807, 2.05) is 18.2 Å². The predicted molar refractivity (Wildman–Crippen MR) is 117 cm³/mol. The SMILES string of the molecule is COCCN(C)CCOc1cccc(CN=C(N)N2CCCCC2)c1.I. The fraction of sp³-hybridized carbons (Fsp3) is 0.632. The van der Waals surface area contributed by atoms with Crippen LogP contribution in [-0.4, -0.2) is 69.3 Å². The topological polar surface area (TPSA) is 63.3 Å². The number of guanidine groups is 1. The standard InChI is InChI=1S/C19H32N4O2.HI/c1-22(11-13-24-2)12-14-25-18-8-6-7-17(15-18)16-21-19(20)23-9-4-3-5-10-23;/h6-8,15H,3-5,9-14,16H2,1-2H3,(H2,20,21);1H. The van der Waals surface area contributed by atoms with Crippen LogP contribution in [0.15, 0.2) is 29.3 Å². The minimum Gasteiger partial charge on any atom is -0.492 e. The Morgan fingerprint density at radius 3 is 2.65 bits per heavy atom. The first-order valence-electron chi connectivity index (χ1n) is 9.13. The first kappa shape index (κ1) is 23.0. The Balaban J connectivity index is 0.00000338. The number of nitrogens with two attached hydrogens (primary N) is 1. The Hall–Kier alpha value is -1.06. The highest BCUT2D eigenvalue weighted by Gasteiger charge is 2.11. The van der Waals surface area contributed by atoms with E-state index in [9.17, 15) is 0 Å². The fourth-order valence-corrected chi connectivity index (χ4v) is 2.81. The number of rotatable bonds is 9. The van der Waals surface area contributed by atoms with Crippen molar-refractivity contribution in [1.29, 1.82) is 0 Å². The van der Waals surface area contributed by atoms with Crippen LogP contribution in [0.1, 0.15) is 24.8 Å². The largest absolute Gasteiger partial charge is 0.492 e. The minimum atomic E-state index is 0. The zero-order chi connectivity index (χ0) is 17.9. The van der Waals surface area contributed by atoms with Gasteiger partial charge in [-0.05, 0) is 44.0 Å². The van der Waals surface area contributed by atoms with Gasteiger partial charge in [-0.3, -0.25) is 0 Å². The van der Waals surface area contributed by atoms with Crippen molar-refractivity contribution in [3.8, 4) is 5.75 Å². The molecule has 0 unspecified atom stereocenters. The van der Waals surface area contributed by atoms with Gasteiger partial charge in [0.15, 0.2) is 5.96 Å². The number of methoxy groups -OCH3 is 1. The Morgan fingerprint density at radius 1 is 1.19 bits per heavy atom. The molecule has 7 heteroatoms. The molecule has 2 N–H and O–H groups in total. The second-order valence-corrected chi connectivity index (χ2v) is 6.51. The van der Waals surface area contributed by atoms with Crippen LogP contribution in [0.25, 0.3) is 0 Å². The molecular formula is C19H33IN4O2. The number of aliphatic imine (C=N–C) groups is 1. The van der Waals surface area contributed by atoms with Crippen molar-refractivity contribution in [1.82, 2.24) is 9.80 Å². The van der Waals surface area contributed by atoms with E-state index in [-0.39, 0.29) is 24.0 Å². The number of halogens is 1. The molecule has 0 atom stereocenters. The van der Waals surface area contributed by atoms with Crippen LogP contribution in [0.2, 0.25) is 0 Å². The van der Waals surface area contributed by atoms with Crippen molar-refractivity contribution in [3.63, 3.8) is 0 Å². The van der Waals surface area contributed by atoms with E-state index < -0.39 is 0 Å². The molecule has 0 bridgehead atoms. The molecule has 6 nitrogen and oxygen atoms in total. The third kappa shape index (κ3) is 8.55. The van der Waals surface area contributed by atoms with E-state index in [0.717, 1.165) is 44.1 Å². The highest BCUT2D eigenvalue weighted by molar-refractivity contribution is 14.0. The van der Waals surface area contributed by atoms with Gasteiger partial charge in [-0.1, -0.05) is 12.1 Å². The monoisotopic (exact) mass is 476 g/mol. The number of likely N-dealkylation sites (N-methyl/N-ethyl adjacent to an activating group) is 1. The average Bonchev–Trinajstić information content (AvgIpc) is 2.65. The number of hydrogen-bond donors (Lipinski definition) is 1. The highest BCUT2D eigenvalue weighted by atomic mass is 127. The average molecular weight is 476 g/mol.